The largest absolute Gasteiger partial charge is 0.460 e. The molecule has 3 rings (SSSR count). The van der Waals surface area contributed by atoms with Gasteiger partial charge in [0.05, 0.1) is 24.8 Å². The third kappa shape index (κ3) is 5.96. The fraction of sp³-hybridized carbons (Fsp3) is 0.412. The number of benzene rings is 1. The Morgan fingerprint density at radius 1 is 1.04 bits per heavy atom. The van der Waals surface area contributed by atoms with Crippen LogP contribution in [0, 0.1) is 0 Å². The summed E-state index contributed by atoms with van der Waals surface area (Å²) in [6.07, 6.45) is 0. The van der Waals surface area contributed by atoms with E-state index in [0.29, 0.717) is 5.02 Å². The minimum Gasteiger partial charge on any atom is -0.460 e. The maximum absolute atomic E-state index is 6.19. The minimum absolute atomic E-state index is 0. The molecule has 4 nitrogen and oxygen atoms in total. The van der Waals surface area contributed by atoms with Crippen molar-refractivity contribution in [3.05, 3.63) is 47.2 Å². The predicted octanol–water partition coefficient (Wildman–Crippen LogP) is 3.87. The molecule has 0 radical (unpaired) electrons. The van der Waals surface area contributed by atoms with Crippen LogP contribution in [0.2, 0.25) is 5.02 Å². The second-order valence-electron chi connectivity index (χ2n) is 5.38. The van der Waals surface area contributed by atoms with E-state index in [-0.39, 0.29) is 24.8 Å². The topological polar surface area (TPSA) is 37.6 Å². The molecule has 24 heavy (non-hydrogen) atoms. The Bertz CT molecular complexity index is 601. The van der Waals surface area contributed by atoms with Gasteiger partial charge in [-0.15, -0.1) is 24.8 Å². The Hall–Kier alpha value is -0.750. The first kappa shape index (κ1) is 21.3. The standard InChI is InChI=1S/C17H21ClN2O2.2ClH/c18-16-4-2-1-3-15(16)17-6-5-14(22-17)13-19-7-8-20-9-11-21-12-10-20;;/h1-6,19H,7-13H2;2*1H. The third-order valence-corrected chi connectivity index (χ3v) is 4.14. The van der Waals surface area contributed by atoms with Gasteiger partial charge in [-0.25, -0.2) is 0 Å². The highest BCUT2D eigenvalue weighted by molar-refractivity contribution is 6.33. The minimum atomic E-state index is 0. The van der Waals surface area contributed by atoms with Gasteiger partial charge in [0.25, 0.3) is 0 Å². The van der Waals surface area contributed by atoms with E-state index >= 15 is 0 Å². The number of hydrogen-bond donors (Lipinski definition) is 1. The summed E-state index contributed by atoms with van der Waals surface area (Å²) >= 11 is 6.19. The molecule has 0 spiro atoms. The molecule has 0 bridgehead atoms. The van der Waals surface area contributed by atoms with Gasteiger partial charge in [-0.3, -0.25) is 4.90 Å². The molecule has 1 aromatic heterocycles. The number of rotatable bonds is 6. The molecule has 0 atom stereocenters. The summed E-state index contributed by atoms with van der Waals surface area (Å²) in [6.45, 7) is 6.47. The monoisotopic (exact) mass is 392 g/mol. The van der Waals surface area contributed by atoms with Crippen LogP contribution in [0.25, 0.3) is 11.3 Å². The van der Waals surface area contributed by atoms with Crippen molar-refractivity contribution >= 4 is 36.4 Å². The highest BCUT2D eigenvalue weighted by Gasteiger charge is 2.10. The fourth-order valence-electron chi connectivity index (χ4n) is 2.55. The summed E-state index contributed by atoms with van der Waals surface area (Å²) in [5.74, 6) is 1.74. The first-order valence-electron chi connectivity index (χ1n) is 7.67. The van der Waals surface area contributed by atoms with Gasteiger partial charge in [0.2, 0.25) is 0 Å². The van der Waals surface area contributed by atoms with Crippen LogP contribution in [0.5, 0.6) is 0 Å². The number of hydrogen-bond acceptors (Lipinski definition) is 4. The van der Waals surface area contributed by atoms with E-state index in [0.717, 1.165) is 63.0 Å². The zero-order valence-corrected chi connectivity index (χ0v) is 15.8. The van der Waals surface area contributed by atoms with E-state index in [1.807, 2.05) is 36.4 Å². The van der Waals surface area contributed by atoms with E-state index < -0.39 is 0 Å². The average Bonchev–Trinajstić information content (AvgIpc) is 3.02. The third-order valence-electron chi connectivity index (χ3n) is 3.81. The summed E-state index contributed by atoms with van der Waals surface area (Å²) in [6, 6.07) is 11.7. The second kappa shape index (κ2) is 11.0. The lowest BCUT2D eigenvalue weighted by atomic mass is 10.2. The lowest BCUT2D eigenvalue weighted by Gasteiger charge is -2.26. The lowest BCUT2D eigenvalue weighted by molar-refractivity contribution is 0.0383. The molecule has 0 saturated carbocycles. The van der Waals surface area contributed by atoms with Gasteiger partial charge >= 0.3 is 0 Å². The molecule has 1 N–H and O–H groups in total. The fourth-order valence-corrected chi connectivity index (χ4v) is 2.78. The SMILES string of the molecule is Cl.Cl.Clc1ccccc1-c1ccc(CNCCN2CCOCC2)o1. The van der Waals surface area contributed by atoms with Crippen LogP contribution in [-0.4, -0.2) is 44.3 Å². The van der Waals surface area contributed by atoms with Gasteiger partial charge in [-0.2, -0.15) is 0 Å². The van der Waals surface area contributed by atoms with Crippen LogP contribution in [0.15, 0.2) is 40.8 Å². The van der Waals surface area contributed by atoms with Gasteiger partial charge in [-0.05, 0) is 24.3 Å². The maximum Gasteiger partial charge on any atom is 0.135 e. The molecule has 0 amide bonds. The molecule has 2 aromatic rings. The second-order valence-corrected chi connectivity index (χ2v) is 5.78. The van der Waals surface area contributed by atoms with Crippen molar-refractivity contribution in [1.29, 1.82) is 0 Å². The Kier molecular flexibility index (Phi) is 9.74. The van der Waals surface area contributed by atoms with E-state index in [9.17, 15) is 0 Å². The molecular weight excluding hydrogens is 371 g/mol. The van der Waals surface area contributed by atoms with Crippen molar-refractivity contribution in [2.24, 2.45) is 0 Å². The first-order chi connectivity index (χ1) is 10.8. The Morgan fingerprint density at radius 2 is 1.79 bits per heavy atom. The molecule has 2 heterocycles. The van der Waals surface area contributed by atoms with Crippen LogP contribution in [0.4, 0.5) is 0 Å². The first-order valence-corrected chi connectivity index (χ1v) is 8.05. The van der Waals surface area contributed by atoms with Gasteiger partial charge in [0.15, 0.2) is 0 Å². The number of morpholine rings is 1. The molecule has 134 valence electrons. The highest BCUT2D eigenvalue weighted by atomic mass is 35.5. The zero-order chi connectivity index (χ0) is 15.2. The van der Waals surface area contributed by atoms with Crippen LogP contribution < -0.4 is 5.32 Å². The number of furan rings is 1. The highest BCUT2D eigenvalue weighted by Crippen LogP contribution is 2.28. The zero-order valence-electron chi connectivity index (χ0n) is 13.4. The van der Waals surface area contributed by atoms with Crippen LogP contribution >= 0.6 is 36.4 Å². The quantitative estimate of drug-likeness (QED) is 0.756. The Labute approximate surface area is 160 Å². The van der Waals surface area contributed by atoms with Crippen molar-refractivity contribution in [1.82, 2.24) is 10.2 Å². The van der Waals surface area contributed by atoms with E-state index in [4.69, 9.17) is 20.8 Å². The summed E-state index contributed by atoms with van der Waals surface area (Å²) in [5, 5.41) is 4.13. The summed E-state index contributed by atoms with van der Waals surface area (Å²) < 4.78 is 11.2. The Balaban J connectivity index is 0.00000144. The summed E-state index contributed by atoms with van der Waals surface area (Å²) in [7, 11) is 0. The summed E-state index contributed by atoms with van der Waals surface area (Å²) in [5.41, 5.74) is 0.934. The molecule has 1 aromatic carbocycles. The van der Waals surface area contributed by atoms with Gasteiger partial charge < -0.3 is 14.5 Å². The van der Waals surface area contributed by atoms with Crippen LogP contribution in [0.1, 0.15) is 5.76 Å². The number of ether oxygens (including phenoxy) is 1. The average molecular weight is 394 g/mol. The van der Waals surface area contributed by atoms with E-state index in [1.165, 1.54) is 0 Å². The van der Waals surface area contributed by atoms with Gasteiger partial charge in [0, 0.05) is 31.7 Å². The Morgan fingerprint density at radius 3 is 2.54 bits per heavy atom. The lowest BCUT2D eigenvalue weighted by Crippen LogP contribution is -2.40. The number of halogens is 3. The van der Waals surface area contributed by atoms with Crippen molar-refractivity contribution in [2.45, 2.75) is 6.54 Å². The molecule has 0 unspecified atom stereocenters. The molecule has 0 aliphatic carbocycles. The van der Waals surface area contributed by atoms with Gasteiger partial charge in [0.1, 0.15) is 11.5 Å². The number of nitrogens with zero attached hydrogens (tertiary/aromatic N) is 1. The van der Waals surface area contributed by atoms with Gasteiger partial charge in [-0.1, -0.05) is 23.7 Å². The molecule has 7 heteroatoms. The molecule has 1 aliphatic rings. The smallest absolute Gasteiger partial charge is 0.135 e. The molecular formula is C17H23Cl3N2O2. The van der Waals surface area contributed by atoms with Crippen molar-refractivity contribution in [3.8, 4) is 11.3 Å². The molecule has 1 saturated heterocycles. The van der Waals surface area contributed by atoms with Crippen molar-refractivity contribution in [2.75, 3.05) is 39.4 Å². The van der Waals surface area contributed by atoms with Crippen LogP contribution in [0.3, 0.4) is 0 Å². The maximum atomic E-state index is 6.19. The summed E-state index contributed by atoms with van der Waals surface area (Å²) in [4.78, 5) is 2.41. The van der Waals surface area contributed by atoms with Crippen molar-refractivity contribution in [3.63, 3.8) is 0 Å². The van der Waals surface area contributed by atoms with E-state index in [1.54, 1.807) is 0 Å². The van der Waals surface area contributed by atoms with E-state index in [2.05, 4.69) is 10.2 Å². The van der Waals surface area contributed by atoms with Crippen molar-refractivity contribution < 1.29 is 9.15 Å². The number of nitrogens with one attached hydrogen (secondary N) is 1. The molecule has 1 fully saturated rings. The molecule has 1 aliphatic heterocycles. The normalized spacial score (nSPS) is 14.7. The van der Waals surface area contributed by atoms with Crippen LogP contribution in [-0.2, 0) is 11.3 Å². The predicted molar refractivity (Wildman–Crippen MR) is 103 cm³/mol.